The molecule has 1 aromatic heterocycles. The van der Waals surface area contributed by atoms with E-state index < -0.39 is 16.1 Å². The number of hydrogen-bond donors (Lipinski definition) is 0. The van der Waals surface area contributed by atoms with Crippen LogP contribution in [0.15, 0.2) is 47.4 Å². The molecule has 2 aromatic carbocycles. The quantitative estimate of drug-likeness (QED) is 0.470. The lowest BCUT2D eigenvalue weighted by Crippen LogP contribution is -2.49. The van der Waals surface area contributed by atoms with Gasteiger partial charge in [0.05, 0.1) is 22.2 Å². The van der Waals surface area contributed by atoms with Crippen LogP contribution < -0.4 is 9.64 Å². The molecule has 0 saturated carbocycles. The minimum absolute atomic E-state index is 0.156. The molecule has 2 heterocycles. The topological polar surface area (TPSA) is 83.0 Å². The van der Waals surface area contributed by atoms with E-state index in [9.17, 15) is 13.2 Å². The van der Waals surface area contributed by atoms with Crippen LogP contribution in [0, 0.1) is 6.92 Å². The van der Waals surface area contributed by atoms with Gasteiger partial charge in [0, 0.05) is 19.6 Å². The van der Waals surface area contributed by atoms with Crippen LogP contribution >= 0.6 is 11.3 Å². The van der Waals surface area contributed by atoms with Crippen LogP contribution in [-0.2, 0) is 14.8 Å². The Labute approximate surface area is 204 Å². The maximum atomic E-state index is 13.9. The Kier molecular flexibility index (Phi) is 7.22. The van der Waals surface area contributed by atoms with E-state index in [0.717, 1.165) is 15.8 Å². The van der Waals surface area contributed by atoms with Crippen molar-refractivity contribution in [2.75, 3.05) is 45.7 Å². The fourth-order valence-electron chi connectivity index (χ4n) is 4.13. The standard InChI is InChI=1S/C24H30N4O4S2/c1-17-7-5-9-21-22(17)25-24(33-21)27(16-15-26(2)3)23(29)20-8-6-14-28(20)34(30,31)19-12-10-18(32-4)11-13-19/h5,7,9-13,20H,6,8,14-16H2,1-4H3. The van der Waals surface area contributed by atoms with E-state index in [2.05, 4.69) is 0 Å². The van der Waals surface area contributed by atoms with Gasteiger partial charge in [0.25, 0.3) is 0 Å². The van der Waals surface area contributed by atoms with Crippen LogP contribution in [0.2, 0.25) is 0 Å². The SMILES string of the molecule is COc1ccc(S(=O)(=O)N2CCCC2C(=O)N(CCN(C)C)c2nc3c(C)cccc3s2)cc1. The second-order valence-corrected chi connectivity index (χ2v) is 11.6. The number of nitrogens with zero attached hydrogens (tertiary/aromatic N) is 4. The largest absolute Gasteiger partial charge is 0.497 e. The Hall–Kier alpha value is -2.53. The van der Waals surface area contributed by atoms with Crippen molar-refractivity contribution >= 4 is 42.6 Å². The van der Waals surface area contributed by atoms with Crippen molar-refractivity contribution in [1.29, 1.82) is 0 Å². The van der Waals surface area contributed by atoms with Crippen LogP contribution in [0.25, 0.3) is 10.2 Å². The van der Waals surface area contributed by atoms with Crippen molar-refractivity contribution in [1.82, 2.24) is 14.2 Å². The molecule has 0 aliphatic carbocycles. The first-order valence-electron chi connectivity index (χ1n) is 11.2. The number of ether oxygens (including phenoxy) is 1. The summed E-state index contributed by atoms with van der Waals surface area (Å²) in [6.07, 6.45) is 1.11. The van der Waals surface area contributed by atoms with Crippen molar-refractivity contribution in [3.05, 3.63) is 48.0 Å². The highest BCUT2D eigenvalue weighted by Gasteiger charge is 2.42. The second-order valence-electron chi connectivity index (χ2n) is 8.66. The van der Waals surface area contributed by atoms with Crippen LogP contribution in [0.4, 0.5) is 5.13 Å². The van der Waals surface area contributed by atoms with Gasteiger partial charge in [-0.25, -0.2) is 13.4 Å². The molecule has 1 aliphatic heterocycles. The molecule has 0 radical (unpaired) electrons. The minimum atomic E-state index is -3.83. The fraction of sp³-hybridized carbons (Fsp3) is 0.417. The zero-order valence-corrected chi connectivity index (χ0v) is 21.5. The third-order valence-corrected chi connectivity index (χ3v) is 9.00. The number of carbonyl (C=O) groups excluding carboxylic acids is 1. The number of sulfonamides is 1. The van der Waals surface area contributed by atoms with E-state index in [-0.39, 0.29) is 10.8 Å². The monoisotopic (exact) mass is 502 g/mol. The summed E-state index contributed by atoms with van der Waals surface area (Å²) in [5, 5.41) is 0.602. The average Bonchev–Trinajstić information content (AvgIpc) is 3.47. The van der Waals surface area contributed by atoms with E-state index in [4.69, 9.17) is 9.72 Å². The first-order valence-corrected chi connectivity index (χ1v) is 13.5. The van der Waals surface area contributed by atoms with Crippen molar-refractivity contribution in [2.45, 2.75) is 30.7 Å². The Morgan fingerprint density at radius 1 is 1.18 bits per heavy atom. The van der Waals surface area contributed by atoms with Crippen LogP contribution in [-0.4, -0.2) is 75.4 Å². The summed E-state index contributed by atoms with van der Waals surface area (Å²) < 4.78 is 34.4. The maximum Gasteiger partial charge on any atom is 0.247 e. The average molecular weight is 503 g/mol. The number of rotatable bonds is 8. The highest BCUT2D eigenvalue weighted by molar-refractivity contribution is 7.89. The number of benzene rings is 2. The predicted molar refractivity (Wildman–Crippen MR) is 135 cm³/mol. The van der Waals surface area contributed by atoms with Gasteiger partial charge in [0.2, 0.25) is 15.9 Å². The van der Waals surface area contributed by atoms with E-state index in [1.807, 2.05) is 44.1 Å². The number of likely N-dealkylation sites (N-methyl/N-ethyl adjacent to an activating group) is 1. The lowest BCUT2D eigenvalue weighted by molar-refractivity contribution is -0.121. The van der Waals surface area contributed by atoms with Gasteiger partial charge < -0.3 is 9.64 Å². The molecule has 3 aromatic rings. The summed E-state index contributed by atoms with van der Waals surface area (Å²) >= 11 is 1.46. The number of anilines is 1. The van der Waals surface area contributed by atoms with Crippen molar-refractivity contribution in [2.24, 2.45) is 0 Å². The molecule has 182 valence electrons. The number of methoxy groups -OCH3 is 1. The Balaban J connectivity index is 1.67. The molecule has 1 atom stereocenters. The summed E-state index contributed by atoms with van der Waals surface area (Å²) in [6, 6.07) is 11.5. The molecular formula is C24H30N4O4S2. The highest BCUT2D eigenvalue weighted by atomic mass is 32.2. The fourth-order valence-corrected chi connectivity index (χ4v) is 6.85. The molecule has 1 aliphatic rings. The summed E-state index contributed by atoms with van der Waals surface area (Å²) in [4.78, 5) is 22.4. The summed E-state index contributed by atoms with van der Waals surface area (Å²) in [5.74, 6) is 0.349. The van der Waals surface area contributed by atoms with Crippen LogP contribution in [0.5, 0.6) is 5.75 Å². The number of para-hydroxylation sites is 1. The molecule has 0 bridgehead atoms. The third kappa shape index (κ3) is 4.81. The first kappa shape index (κ1) is 24.6. The Morgan fingerprint density at radius 3 is 2.56 bits per heavy atom. The van der Waals surface area contributed by atoms with E-state index in [1.54, 1.807) is 17.0 Å². The number of hydrogen-bond acceptors (Lipinski definition) is 7. The molecule has 34 heavy (non-hydrogen) atoms. The molecule has 1 amide bonds. The molecule has 0 spiro atoms. The van der Waals surface area contributed by atoms with Gasteiger partial charge in [-0.05, 0) is 69.8 Å². The van der Waals surface area contributed by atoms with Gasteiger partial charge in [0.15, 0.2) is 5.13 Å². The molecular weight excluding hydrogens is 472 g/mol. The molecule has 0 N–H and O–H groups in total. The predicted octanol–water partition coefficient (Wildman–Crippen LogP) is 3.36. The second kappa shape index (κ2) is 9.99. The minimum Gasteiger partial charge on any atom is -0.497 e. The van der Waals surface area contributed by atoms with Crippen LogP contribution in [0.3, 0.4) is 0 Å². The van der Waals surface area contributed by atoms with E-state index in [0.29, 0.717) is 43.4 Å². The molecule has 4 rings (SSSR count). The zero-order valence-electron chi connectivity index (χ0n) is 19.9. The summed E-state index contributed by atoms with van der Waals surface area (Å²) in [5.41, 5.74) is 1.92. The Morgan fingerprint density at radius 2 is 1.91 bits per heavy atom. The van der Waals surface area contributed by atoms with Gasteiger partial charge in [-0.1, -0.05) is 23.5 Å². The Bertz CT molecular complexity index is 1270. The molecule has 10 heteroatoms. The van der Waals surface area contributed by atoms with Gasteiger partial charge in [0.1, 0.15) is 11.8 Å². The smallest absolute Gasteiger partial charge is 0.247 e. The van der Waals surface area contributed by atoms with Crippen molar-refractivity contribution in [3.63, 3.8) is 0 Å². The van der Waals surface area contributed by atoms with Gasteiger partial charge in [-0.15, -0.1) is 0 Å². The molecule has 1 saturated heterocycles. The molecule has 8 nitrogen and oxygen atoms in total. The zero-order chi connectivity index (χ0) is 24.5. The van der Waals surface area contributed by atoms with Crippen molar-refractivity contribution in [3.8, 4) is 5.75 Å². The van der Waals surface area contributed by atoms with Gasteiger partial charge >= 0.3 is 0 Å². The molecule has 1 fully saturated rings. The van der Waals surface area contributed by atoms with E-state index in [1.165, 1.54) is 34.9 Å². The lowest BCUT2D eigenvalue weighted by atomic mass is 10.2. The number of carbonyl (C=O) groups is 1. The summed E-state index contributed by atoms with van der Waals surface area (Å²) in [7, 11) is 1.59. The number of thiazole rings is 1. The molecule has 1 unspecified atom stereocenters. The van der Waals surface area contributed by atoms with Gasteiger partial charge in [-0.2, -0.15) is 4.31 Å². The van der Waals surface area contributed by atoms with Crippen LogP contribution in [0.1, 0.15) is 18.4 Å². The first-order chi connectivity index (χ1) is 16.2. The van der Waals surface area contributed by atoms with Gasteiger partial charge in [-0.3, -0.25) is 9.69 Å². The highest BCUT2D eigenvalue weighted by Crippen LogP contribution is 2.33. The van der Waals surface area contributed by atoms with E-state index >= 15 is 0 Å². The lowest BCUT2D eigenvalue weighted by Gasteiger charge is -2.29. The number of aromatic nitrogens is 1. The summed E-state index contributed by atoms with van der Waals surface area (Å²) in [6.45, 7) is 3.37. The van der Waals surface area contributed by atoms with Crippen molar-refractivity contribution < 1.29 is 17.9 Å². The number of fused-ring (bicyclic) bond motifs is 1. The normalized spacial score (nSPS) is 16.9. The maximum absolute atomic E-state index is 13.9. The number of aryl methyl sites for hydroxylation is 1. The number of amides is 1. The third-order valence-electron chi connectivity index (χ3n) is 6.03.